The number of rotatable bonds is 8. The van der Waals surface area contributed by atoms with E-state index in [1.165, 1.54) is 0 Å². The molecule has 0 aliphatic carbocycles. The molecule has 20 heavy (non-hydrogen) atoms. The molecule has 0 aromatic heterocycles. The van der Waals surface area contributed by atoms with Crippen LogP contribution < -0.4 is 4.74 Å². The van der Waals surface area contributed by atoms with E-state index in [9.17, 15) is 5.11 Å². The maximum absolute atomic E-state index is 9.91. The molecule has 1 unspecified atom stereocenters. The Kier molecular flexibility index (Phi) is 7.13. The minimum absolute atomic E-state index is 0.189. The molecule has 0 saturated heterocycles. The number of benzene rings is 1. The lowest BCUT2D eigenvalue weighted by Crippen LogP contribution is -2.36. The van der Waals surface area contributed by atoms with Crippen LogP contribution in [0.2, 0.25) is 0 Å². The van der Waals surface area contributed by atoms with Crippen molar-refractivity contribution < 1.29 is 9.84 Å². The number of aliphatic hydroxyl groups is 1. The molecule has 0 aliphatic heterocycles. The lowest BCUT2D eigenvalue weighted by Gasteiger charge is -2.22. The van der Waals surface area contributed by atoms with Crippen molar-refractivity contribution in [2.75, 3.05) is 26.2 Å². The molecule has 106 valence electrons. The maximum atomic E-state index is 9.91. The average molecular weight is 273 g/mol. The van der Waals surface area contributed by atoms with Gasteiger partial charge in [0.05, 0.1) is 17.7 Å². The summed E-state index contributed by atoms with van der Waals surface area (Å²) in [6, 6.07) is 10.9. The monoisotopic (exact) mass is 273 g/mol. The highest BCUT2D eigenvalue weighted by molar-refractivity contribution is 5.34. The van der Waals surface area contributed by atoms with Gasteiger partial charge in [-0.3, -0.25) is 4.90 Å². The topological polar surface area (TPSA) is 80.3 Å². The van der Waals surface area contributed by atoms with E-state index >= 15 is 0 Å². The predicted octanol–water partition coefficient (Wildman–Crippen LogP) is 1.53. The molecule has 0 bridgehead atoms. The van der Waals surface area contributed by atoms with Gasteiger partial charge in [-0.15, -0.1) is 0 Å². The molecule has 1 N–H and O–H groups in total. The first-order valence-corrected chi connectivity index (χ1v) is 6.60. The third-order valence-electron chi connectivity index (χ3n) is 2.88. The van der Waals surface area contributed by atoms with Crippen LogP contribution in [-0.2, 0) is 0 Å². The van der Waals surface area contributed by atoms with Crippen LogP contribution in [0.4, 0.5) is 0 Å². The van der Waals surface area contributed by atoms with E-state index in [0.717, 1.165) is 6.54 Å². The maximum Gasteiger partial charge on any atom is 0.119 e. The lowest BCUT2D eigenvalue weighted by atomic mass is 10.2. The van der Waals surface area contributed by atoms with Crippen LogP contribution in [0.15, 0.2) is 24.3 Å². The summed E-state index contributed by atoms with van der Waals surface area (Å²) < 4.78 is 5.47. The van der Waals surface area contributed by atoms with E-state index in [1.807, 2.05) is 17.9 Å². The number of likely N-dealkylation sites (N-methyl/N-ethyl adjacent to an activating group) is 1. The predicted molar refractivity (Wildman–Crippen MR) is 75.0 cm³/mol. The summed E-state index contributed by atoms with van der Waals surface area (Å²) in [5, 5.41) is 27.1. The van der Waals surface area contributed by atoms with Gasteiger partial charge in [-0.25, -0.2) is 0 Å². The number of aliphatic hydroxyl groups excluding tert-OH is 1. The largest absolute Gasteiger partial charge is 0.491 e. The van der Waals surface area contributed by atoms with Crippen molar-refractivity contribution in [2.24, 2.45) is 0 Å². The highest BCUT2D eigenvalue weighted by Crippen LogP contribution is 2.11. The normalized spacial score (nSPS) is 11.7. The summed E-state index contributed by atoms with van der Waals surface area (Å²) in [5.41, 5.74) is 0.576. The molecule has 0 heterocycles. The molecular formula is C15H19N3O2. The van der Waals surface area contributed by atoms with Gasteiger partial charge in [0.15, 0.2) is 0 Å². The zero-order valence-electron chi connectivity index (χ0n) is 11.6. The van der Waals surface area contributed by atoms with Crippen LogP contribution in [0.3, 0.4) is 0 Å². The standard InChI is InChI=1S/C15H19N3O2/c1-2-18(9-3-8-16)11-14(19)12-20-15-6-4-13(10-17)5-7-15/h4-7,14,19H,2-3,9,11-12H2,1H3. The van der Waals surface area contributed by atoms with E-state index in [-0.39, 0.29) is 6.61 Å². The number of nitrogens with zero attached hydrogens (tertiary/aromatic N) is 3. The van der Waals surface area contributed by atoms with Gasteiger partial charge < -0.3 is 9.84 Å². The van der Waals surface area contributed by atoms with Crippen LogP contribution in [-0.4, -0.2) is 42.4 Å². The van der Waals surface area contributed by atoms with Crippen LogP contribution in [0.1, 0.15) is 18.9 Å². The summed E-state index contributed by atoms with van der Waals surface area (Å²) >= 11 is 0. The van der Waals surface area contributed by atoms with Crippen molar-refractivity contribution in [1.82, 2.24) is 4.90 Å². The zero-order chi connectivity index (χ0) is 14.8. The fraction of sp³-hybridized carbons (Fsp3) is 0.467. The number of hydrogen-bond donors (Lipinski definition) is 1. The minimum Gasteiger partial charge on any atom is -0.491 e. The zero-order valence-corrected chi connectivity index (χ0v) is 11.6. The van der Waals surface area contributed by atoms with Gasteiger partial charge in [-0.05, 0) is 30.8 Å². The second-order valence-electron chi connectivity index (χ2n) is 4.40. The van der Waals surface area contributed by atoms with Crippen molar-refractivity contribution in [3.8, 4) is 17.9 Å². The highest BCUT2D eigenvalue weighted by Gasteiger charge is 2.11. The van der Waals surface area contributed by atoms with Crippen molar-refractivity contribution >= 4 is 0 Å². The third-order valence-corrected chi connectivity index (χ3v) is 2.88. The second-order valence-corrected chi connectivity index (χ2v) is 4.40. The molecule has 0 saturated carbocycles. The Labute approximate surface area is 119 Å². The highest BCUT2D eigenvalue weighted by atomic mass is 16.5. The van der Waals surface area contributed by atoms with Gasteiger partial charge in [-0.1, -0.05) is 6.92 Å². The van der Waals surface area contributed by atoms with E-state index < -0.39 is 6.10 Å². The minimum atomic E-state index is -0.607. The van der Waals surface area contributed by atoms with Crippen LogP contribution in [0, 0.1) is 22.7 Å². The average Bonchev–Trinajstić information content (AvgIpc) is 2.49. The molecule has 1 aromatic carbocycles. The van der Waals surface area contributed by atoms with E-state index in [0.29, 0.717) is 30.8 Å². The molecule has 1 rings (SSSR count). The van der Waals surface area contributed by atoms with E-state index in [4.69, 9.17) is 15.3 Å². The Morgan fingerprint density at radius 2 is 2.00 bits per heavy atom. The Bertz CT molecular complexity index is 473. The van der Waals surface area contributed by atoms with Gasteiger partial charge in [-0.2, -0.15) is 10.5 Å². The molecule has 5 nitrogen and oxygen atoms in total. The quantitative estimate of drug-likeness (QED) is 0.777. The Balaban J connectivity index is 2.36. The smallest absolute Gasteiger partial charge is 0.119 e. The van der Waals surface area contributed by atoms with Gasteiger partial charge in [0.2, 0.25) is 0 Å². The lowest BCUT2D eigenvalue weighted by molar-refractivity contribution is 0.0706. The molecule has 1 atom stereocenters. The van der Waals surface area contributed by atoms with Crippen LogP contribution >= 0.6 is 0 Å². The summed E-state index contributed by atoms with van der Waals surface area (Å²) in [7, 11) is 0. The Morgan fingerprint density at radius 3 is 2.55 bits per heavy atom. The molecule has 0 aliphatic rings. The summed E-state index contributed by atoms with van der Waals surface area (Å²) in [6.45, 7) is 4.10. The van der Waals surface area contributed by atoms with Crippen molar-refractivity contribution in [3.63, 3.8) is 0 Å². The first-order valence-electron chi connectivity index (χ1n) is 6.60. The molecule has 1 aromatic rings. The number of ether oxygens (including phenoxy) is 1. The van der Waals surface area contributed by atoms with Gasteiger partial charge in [0.1, 0.15) is 18.5 Å². The van der Waals surface area contributed by atoms with Crippen LogP contribution in [0.5, 0.6) is 5.75 Å². The molecule has 5 heteroatoms. The fourth-order valence-electron chi connectivity index (χ4n) is 1.76. The summed E-state index contributed by atoms with van der Waals surface area (Å²) in [4.78, 5) is 2.01. The van der Waals surface area contributed by atoms with Gasteiger partial charge in [0, 0.05) is 19.5 Å². The fourth-order valence-corrected chi connectivity index (χ4v) is 1.76. The molecule has 0 amide bonds. The van der Waals surface area contributed by atoms with Crippen molar-refractivity contribution in [1.29, 1.82) is 10.5 Å². The number of hydrogen-bond acceptors (Lipinski definition) is 5. The molecule has 0 fully saturated rings. The second kappa shape index (κ2) is 8.92. The molecule has 0 radical (unpaired) electrons. The van der Waals surface area contributed by atoms with Crippen LogP contribution in [0.25, 0.3) is 0 Å². The number of nitriles is 2. The third kappa shape index (κ3) is 5.71. The molecule has 0 spiro atoms. The SMILES string of the molecule is CCN(CCC#N)CC(O)COc1ccc(C#N)cc1. The summed E-state index contributed by atoms with van der Waals surface area (Å²) in [6.07, 6.45) is -0.152. The van der Waals surface area contributed by atoms with Crippen molar-refractivity contribution in [3.05, 3.63) is 29.8 Å². The first kappa shape index (κ1) is 16.0. The van der Waals surface area contributed by atoms with Gasteiger partial charge in [0.25, 0.3) is 0 Å². The summed E-state index contributed by atoms with van der Waals surface area (Å²) in [5.74, 6) is 0.628. The molecular weight excluding hydrogens is 254 g/mol. The Morgan fingerprint density at radius 1 is 1.30 bits per heavy atom. The van der Waals surface area contributed by atoms with Crippen molar-refractivity contribution in [2.45, 2.75) is 19.4 Å². The Hall–Kier alpha value is -2.08. The van der Waals surface area contributed by atoms with Gasteiger partial charge >= 0.3 is 0 Å². The first-order chi connectivity index (χ1) is 9.69. The van der Waals surface area contributed by atoms with E-state index in [2.05, 4.69) is 6.07 Å². The van der Waals surface area contributed by atoms with E-state index in [1.54, 1.807) is 24.3 Å².